The zero-order valence-corrected chi connectivity index (χ0v) is 12.2. The van der Waals surface area contributed by atoms with Gasteiger partial charge in [-0.1, -0.05) is 13.0 Å². The number of anilines is 1. The molecule has 0 aliphatic heterocycles. The van der Waals surface area contributed by atoms with E-state index in [4.69, 9.17) is 15.7 Å². The van der Waals surface area contributed by atoms with Crippen molar-refractivity contribution in [2.45, 2.75) is 43.4 Å². The van der Waals surface area contributed by atoms with Crippen molar-refractivity contribution < 1.29 is 9.53 Å². The van der Waals surface area contributed by atoms with E-state index in [0.29, 0.717) is 17.7 Å². The van der Waals surface area contributed by atoms with Gasteiger partial charge in [0.05, 0.1) is 23.4 Å². The van der Waals surface area contributed by atoms with Crippen molar-refractivity contribution in [2.24, 2.45) is 0 Å². The topological polar surface area (TPSA) is 76.1 Å². The molecular formula is C14H18N2O2S. The van der Waals surface area contributed by atoms with E-state index in [1.807, 2.05) is 13.0 Å². The molecule has 0 saturated carbocycles. The highest BCUT2D eigenvalue weighted by Crippen LogP contribution is 2.32. The van der Waals surface area contributed by atoms with Crippen LogP contribution in [0.15, 0.2) is 23.1 Å². The summed E-state index contributed by atoms with van der Waals surface area (Å²) < 4.78 is 5.14. The average Bonchev–Trinajstić information content (AvgIpc) is 2.31. The third-order valence-electron chi connectivity index (χ3n) is 2.34. The molecule has 4 nitrogen and oxygen atoms in total. The maximum Gasteiger partial charge on any atom is 0.340 e. The van der Waals surface area contributed by atoms with E-state index in [0.717, 1.165) is 4.90 Å². The zero-order valence-electron chi connectivity index (χ0n) is 11.3. The lowest BCUT2D eigenvalue weighted by Crippen LogP contribution is -2.14. The van der Waals surface area contributed by atoms with Gasteiger partial charge < -0.3 is 10.5 Å². The van der Waals surface area contributed by atoms with Crippen molar-refractivity contribution in [3.05, 3.63) is 23.8 Å². The first-order valence-corrected chi connectivity index (χ1v) is 6.96. The van der Waals surface area contributed by atoms with Crippen LogP contribution in [0.4, 0.5) is 5.69 Å². The summed E-state index contributed by atoms with van der Waals surface area (Å²) >= 11 is 1.49. The maximum atomic E-state index is 11.9. The minimum atomic E-state index is -0.414. The maximum absolute atomic E-state index is 11.9. The van der Waals surface area contributed by atoms with Gasteiger partial charge in [-0.3, -0.25) is 0 Å². The number of rotatable bonds is 5. The number of carbonyl (C=O) groups is 1. The number of hydrogen-bond donors (Lipinski definition) is 1. The van der Waals surface area contributed by atoms with Crippen LogP contribution in [0.3, 0.4) is 0 Å². The first-order chi connectivity index (χ1) is 8.95. The van der Waals surface area contributed by atoms with Gasteiger partial charge in [-0.15, -0.1) is 11.8 Å². The van der Waals surface area contributed by atoms with E-state index in [2.05, 4.69) is 6.07 Å². The summed E-state index contributed by atoms with van der Waals surface area (Å²) in [4.78, 5) is 12.7. The fourth-order valence-corrected chi connectivity index (χ4v) is 2.47. The molecule has 1 aromatic carbocycles. The molecule has 1 unspecified atom stereocenters. The normalized spacial score (nSPS) is 11.9. The predicted molar refractivity (Wildman–Crippen MR) is 77.0 cm³/mol. The van der Waals surface area contributed by atoms with Gasteiger partial charge in [-0.2, -0.15) is 5.26 Å². The van der Waals surface area contributed by atoms with Crippen LogP contribution in [0.1, 0.15) is 37.6 Å². The van der Waals surface area contributed by atoms with Crippen LogP contribution in [-0.2, 0) is 4.74 Å². The standard InChI is InChI=1S/C14H18N2O2S/c1-9(2)18-14(17)11-5-4-6-12(13(11)16)19-10(3)7-8-15/h4-6,9-10H,7,16H2,1-3H3. The van der Waals surface area contributed by atoms with Gasteiger partial charge in [-0.25, -0.2) is 4.79 Å². The summed E-state index contributed by atoms with van der Waals surface area (Å²) in [5.41, 5.74) is 6.80. The molecule has 0 saturated heterocycles. The summed E-state index contributed by atoms with van der Waals surface area (Å²) in [5, 5.41) is 8.79. The molecule has 1 atom stereocenters. The number of nitrogen functional groups attached to an aromatic ring is 1. The molecule has 5 heteroatoms. The van der Waals surface area contributed by atoms with Crippen LogP contribution in [0.2, 0.25) is 0 Å². The number of nitriles is 1. The Morgan fingerprint density at radius 1 is 1.47 bits per heavy atom. The Morgan fingerprint density at radius 2 is 2.16 bits per heavy atom. The summed E-state index contributed by atoms with van der Waals surface area (Å²) in [7, 11) is 0. The fourth-order valence-electron chi connectivity index (χ4n) is 1.49. The van der Waals surface area contributed by atoms with E-state index in [1.54, 1.807) is 26.0 Å². The van der Waals surface area contributed by atoms with Crippen LogP contribution in [-0.4, -0.2) is 17.3 Å². The zero-order chi connectivity index (χ0) is 14.4. The van der Waals surface area contributed by atoms with E-state index < -0.39 is 5.97 Å². The number of benzene rings is 1. The molecule has 0 aromatic heterocycles. The van der Waals surface area contributed by atoms with Gasteiger partial charge in [0.1, 0.15) is 0 Å². The minimum absolute atomic E-state index is 0.128. The second-order valence-electron chi connectivity index (χ2n) is 4.46. The highest BCUT2D eigenvalue weighted by Gasteiger charge is 2.16. The minimum Gasteiger partial charge on any atom is -0.459 e. The molecule has 0 amide bonds. The summed E-state index contributed by atoms with van der Waals surface area (Å²) in [6, 6.07) is 7.39. The Balaban J connectivity index is 2.92. The van der Waals surface area contributed by atoms with E-state index in [1.165, 1.54) is 11.8 Å². The van der Waals surface area contributed by atoms with E-state index in [9.17, 15) is 4.79 Å². The fraction of sp³-hybridized carbons (Fsp3) is 0.429. The number of carbonyl (C=O) groups excluding carboxylic acids is 1. The Bertz CT molecular complexity index is 495. The molecule has 0 bridgehead atoms. The van der Waals surface area contributed by atoms with Crippen LogP contribution in [0, 0.1) is 11.3 Å². The Hall–Kier alpha value is -1.67. The Labute approximate surface area is 117 Å². The summed E-state index contributed by atoms with van der Waals surface area (Å²) in [5.74, 6) is -0.414. The number of para-hydroxylation sites is 1. The summed E-state index contributed by atoms with van der Waals surface area (Å²) in [6.07, 6.45) is 0.255. The second-order valence-corrected chi connectivity index (χ2v) is 5.94. The highest BCUT2D eigenvalue weighted by atomic mass is 32.2. The van der Waals surface area contributed by atoms with Crippen LogP contribution in [0.25, 0.3) is 0 Å². The lowest BCUT2D eigenvalue weighted by atomic mass is 10.2. The molecular weight excluding hydrogens is 260 g/mol. The number of thioether (sulfide) groups is 1. The largest absolute Gasteiger partial charge is 0.459 e. The van der Waals surface area contributed by atoms with Gasteiger partial charge in [0.25, 0.3) is 0 Å². The third-order valence-corrected chi connectivity index (χ3v) is 3.51. The molecule has 0 heterocycles. The van der Waals surface area contributed by atoms with Crippen LogP contribution < -0.4 is 5.73 Å². The Kier molecular flexibility index (Phi) is 5.71. The number of hydrogen-bond acceptors (Lipinski definition) is 5. The second kappa shape index (κ2) is 7.05. The quantitative estimate of drug-likeness (QED) is 0.508. The van der Waals surface area contributed by atoms with Crippen LogP contribution >= 0.6 is 11.8 Å². The van der Waals surface area contributed by atoms with Crippen molar-refractivity contribution in [3.63, 3.8) is 0 Å². The van der Waals surface area contributed by atoms with E-state index in [-0.39, 0.29) is 11.4 Å². The number of nitrogens with zero attached hydrogens (tertiary/aromatic N) is 1. The van der Waals surface area contributed by atoms with Gasteiger partial charge >= 0.3 is 5.97 Å². The van der Waals surface area contributed by atoms with Gasteiger partial charge in [0, 0.05) is 16.6 Å². The number of nitrogens with two attached hydrogens (primary N) is 1. The van der Waals surface area contributed by atoms with Crippen LogP contribution in [0.5, 0.6) is 0 Å². The molecule has 0 fully saturated rings. The van der Waals surface area contributed by atoms with Gasteiger partial charge in [-0.05, 0) is 26.0 Å². The molecule has 1 rings (SSSR count). The first kappa shape index (κ1) is 15.4. The van der Waals surface area contributed by atoms with Gasteiger partial charge in [0.2, 0.25) is 0 Å². The number of ether oxygens (including phenoxy) is 1. The molecule has 0 aliphatic carbocycles. The molecule has 102 valence electrons. The molecule has 19 heavy (non-hydrogen) atoms. The third kappa shape index (κ3) is 4.49. The van der Waals surface area contributed by atoms with Crippen molar-refractivity contribution in [2.75, 3.05) is 5.73 Å². The smallest absolute Gasteiger partial charge is 0.340 e. The first-order valence-electron chi connectivity index (χ1n) is 6.08. The monoisotopic (exact) mass is 278 g/mol. The lowest BCUT2D eigenvalue weighted by Gasteiger charge is -2.14. The molecule has 2 N–H and O–H groups in total. The van der Waals surface area contributed by atoms with E-state index >= 15 is 0 Å². The molecule has 1 aromatic rings. The molecule has 0 aliphatic rings. The number of esters is 1. The van der Waals surface area contributed by atoms with Crippen molar-refractivity contribution >= 4 is 23.4 Å². The molecule has 0 spiro atoms. The van der Waals surface area contributed by atoms with Gasteiger partial charge in [0.15, 0.2) is 0 Å². The lowest BCUT2D eigenvalue weighted by molar-refractivity contribution is 0.0379. The summed E-state index contributed by atoms with van der Waals surface area (Å²) in [6.45, 7) is 5.54. The van der Waals surface area contributed by atoms with Crippen molar-refractivity contribution in [1.29, 1.82) is 5.26 Å². The highest BCUT2D eigenvalue weighted by molar-refractivity contribution is 8.00. The average molecular weight is 278 g/mol. The SMILES string of the molecule is CC(C)OC(=O)c1cccc(SC(C)CC#N)c1N. The van der Waals surface area contributed by atoms with Crippen molar-refractivity contribution in [3.8, 4) is 6.07 Å². The predicted octanol–water partition coefficient (Wildman–Crippen LogP) is 3.23. The van der Waals surface area contributed by atoms with Crippen molar-refractivity contribution in [1.82, 2.24) is 0 Å². The molecule has 0 radical (unpaired) electrons. The Morgan fingerprint density at radius 3 is 2.74 bits per heavy atom.